The molecular formula is C15H20ClN3. The predicted molar refractivity (Wildman–Crippen MR) is 78.8 cm³/mol. The minimum atomic E-state index is 0.652. The van der Waals surface area contributed by atoms with Gasteiger partial charge in [0.1, 0.15) is 5.65 Å². The number of hydrogen-bond donors (Lipinski definition) is 0. The van der Waals surface area contributed by atoms with Gasteiger partial charge in [-0.25, -0.2) is 4.98 Å². The van der Waals surface area contributed by atoms with Gasteiger partial charge in [0, 0.05) is 24.9 Å². The molecule has 0 aromatic carbocycles. The Kier molecular flexibility index (Phi) is 3.76. The van der Waals surface area contributed by atoms with Crippen LogP contribution >= 0.6 is 11.6 Å². The Labute approximate surface area is 119 Å². The highest BCUT2D eigenvalue weighted by Crippen LogP contribution is 2.21. The summed E-state index contributed by atoms with van der Waals surface area (Å²) < 4.78 is 2.02. The van der Waals surface area contributed by atoms with E-state index in [1.807, 2.05) is 22.7 Å². The number of likely N-dealkylation sites (N-methyl/N-ethyl adjacent to an activating group) is 1. The molecule has 0 saturated carbocycles. The van der Waals surface area contributed by atoms with Crippen LogP contribution in [0.2, 0.25) is 5.02 Å². The van der Waals surface area contributed by atoms with Gasteiger partial charge in [-0.15, -0.1) is 0 Å². The Morgan fingerprint density at radius 2 is 2.21 bits per heavy atom. The number of likely N-dealkylation sites (tertiary alicyclic amines) is 1. The van der Waals surface area contributed by atoms with Gasteiger partial charge in [-0.3, -0.25) is 0 Å². The Morgan fingerprint density at radius 3 is 3.05 bits per heavy atom. The predicted octanol–water partition coefficient (Wildman–Crippen LogP) is 3.40. The third-order valence-corrected chi connectivity index (χ3v) is 4.29. The summed E-state index contributed by atoms with van der Waals surface area (Å²) >= 11 is 6.01. The summed E-state index contributed by atoms with van der Waals surface area (Å²) in [6.45, 7) is 4.63. The van der Waals surface area contributed by atoms with Gasteiger partial charge in [0.2, 0.25) is 0 Å². The standard InChI is InChI=1S/C15H20ClN3/c1-2-18-8-4-3-5-14(18)9-13-11-19-10-12(16)6-7-15(19)17-13/h6-7,10-11,14H,2-5,8-9H2,1H3. The van der Waals surface area contributed by atoms with Gasteiger partial charge >= 0.3 is 0 Å². The van der Waals surface area contributed by atoms with E-state index >= 15 is 0 Å². The van der Waals surface area contributed by atoms with Crippen LogP contribution in [0.25, 0.3) is 5.65 Å². The van der Waals surface area contributed by atoms with E-state index in [0.717, 1.165) is 23.6 Å². The maximum absolute atomic E-state index is 6.01. The Bertz CT molecular complexity index is 564. The number of rotatable bonds is 3. The van der Waals surface area contributed by atoms with Crippen molar-refractivity contribution in [1.29, 1.82) is 0 Å². The molecule has 1 atom stereocenters. The van der Waals surface area contributed by atoms with Gasteiger partial charge in [-0.1, -0.05) is 24.9 Å². The van der Waals surface area contributed by atoms with Crippen LogP contribution in [0.4, 0.5) is 0 Å². The summed E-state index contributed by atoms with van der Waals surface area (Å²) in [7, 11) is 0. The van der Waals surface area contributed by atoms with Gasteiger partial charge in [0.25, 0.3) is 0 Å². The molecule has 0 radical (unpaired) electrons. The topological polar surface area (TPSA) is 20.5 Å². The van der Waals surface area contributed by atoms with E-state index in [1.165, 1.54) is 31.5 Å². The normalized spacial score (nSPS) is 21.1. The van der Waals surface area contributed by atoms with Crippen molar-refractivity contribution in [2.24, 2.45) is 0 Å². The number of halogens is 1. The molecule has 0 aliphatic carbocycles. The van der Waals surface area contributed by atoms with Crippen LogP contribution < -0.4 is 0 Å². The van der Waals surface area contributed by atoms with Crippen molar-refractivity contribution in [3.05, 3.63) is 35.2 Å². The molecule has 4 heteroatoms. The quantitative estimate of drug-likeness (QED) is 0.857. The molecule has 1 unspecified atom stereocenters. The molecular weight excluding hydrogens is 258 g/mol. The maximum atomic E-state index is 6.01. The molecule has 0 spiro atoms. The number of aromatic nitrogens is 2. The lowest BCUT2D eigenvalue weighted by molar-refractivity contribution is 0.155. The Balaban J connectivity index is 1.80. The number of hydrogen-bond acceptors (Lipinski definition) is 2. The fourth-order valence-corrected chi connectivity index (χ4v) is 3.23. The van der Waals surface area contributed by atoms with Crippen LogP contribution in [0.5, 0.6) is 0 Å². The first-order valence-corrected chi connectivity index (χ1v) is 7.51. The molecule has 2 aromatic rings. The van der Waals surface area contributed by atoms with Crippen LogP contribution in [-0.4, -0.2) is 33.4 Å². The van der Waals surface area contributed by atoms with Crippen LogP contribution in [0, 0.1) is 0 Å². The third kappa shape index (κ3) is 2.77. The molecule has 1 fully saturated rings. The molecule has 1 aliphatic heterocycles. The van der Waals surface area contributed by atoms with Gasteiger partial charge in [0.15, 0.2) is 0 Å². The van der Waals surface area contributed by atoms with Crippen molar-refractivity contribution in [1.82, 2.24) is 14.3 Å². The van der Waals surface area contributed by atoms with Crippen LogP contribution in [0.3, 0.4) is 0 Å². The van der Waals surface area contributed by atoms with E-state index in [9.17, 15) is 0 Å². The van der Waals surface area contributed by atoms with Crippen LogP contribution in [0.15, 0.2) is 24.5 Å². The maximum Gasteiger partial charge on any atom is 0.137 e. The number of fused-ring (bicyclic) bond motifs is 1. The molecule has 3 nitrogen and oxygen atoms in total. The highest BCUT2D eigenvalue weighted by atomic mass is 35.5. The Morgan fingerprint density at radius 1 is 1.32 bits per heavy atom. The van der Waals surface area contributed by atoms with Crippen LogP contribution in [-0.2, 0) is 6.42 Å². The molecule has 19 heavy (non-hydrogen) atoms. The van der Waals surface area contributed by atoms with E-state index in [1.54, 1.807) is 0 Å². The van der Waals surface area contributed by atoms with Crippen molar-refractivity contribution in [2.45, 2.75) is 38.6 Å². The van der Waals surface area contributed by atoms with E-state index < -0.39 is 0 Å². The first kappa shape index (κ1) is 12.9. The smallest absolute Gasteiger partial charge is 0.137 e. The van der Waals surface area contributed by atoms with E-state index in [4.69, 9.17) is 16.6 Å². The molecule has 102 valence electrons. The van der Waals surface area contributed by atoms with Crippen molar-refractivity contribution in [3.63, 3.8) is 0 Å². The van der Waals surface area contributed by atoms with E-state index in [-0.39, 0.29) is 0 Å². The number of piperidine rings is 1. The minimum Gasteiger partial charge on any atom is -0.305 e. The SMILES string of the molecule is CCN1CCCCC1Cc1cn2cc(Cl)ccc2n1. The molecule has 0 bridgehead atoms. The lowest BCUT2D eigenvalue weighted by Crippen LogP contribution is -2.40. The second kappa shape index (κ2) is 5.51. The highest BCUT2D eigenvalue weighted by Gasteiger charge is 2.22. The number of nitrogens with zero attached hydrogens (tertiary/aromatic N) is 3. The summed E-state index contributed by atoms with van der Waals surface area (Å²) in [5.74, 6) is 0. The zero-order valence-corrected chi connectivity index (χ0v) is 12.1. The Hall–Kier alpha value is -1.06. The monoisotopic (exact) mass is 277 g/mol. The van der Waals surface area contributed by atoms with Crippen molar-refractivity contribution < 1.29 is 0 Å². The average molecular weight is 278 g/mol. The summed E-state index contributed by atoms with van der Waals surface area (Å²) in [5.41, 5.74) is 2.16. The molecule has 1 aliphatic rings. The van der Waals surface area contributed by atoms with Crippen LogP contribution in [0.1, 0.15) is 31.9 Å². The minimum absolute atomic E-state index is 0.652. The lowest BCUT2D eigenvalue weighted by atomic mass is 9.98. The van der Waals surface area contributed by atoms with E-state index in [2.05, 4.69) is 18.0 Å². The summed E-state index contributed by atoms with van der Waals surface area (Å²) in [6.07, 6.45) is 9.07. The van der Waals surface area contributed by atoms with Gasteiger partial charge in [0.05, 0.1) is 10.7 Å². The average Bonchev–Trinajstić information content (AvgIpc) is 2.80. The second-order valence-corrected chi connectivity index (χ2v) is 5.76. The summed E-state index contributed by atoms with van der Waals surface area (Å²) in [5, 5.41) is 0.754. The lowest BCUT2D eigenvalue weighted by Gasteiger charge is -2.34. The highest BCUT2D eigenvalue weighted by molar-refractivity contribution is 6.30. The van der Waals surface area contributed by atoms with Gasteiger partial charge in [-0.05, 0) is 38.1 Å². The fraction of sp³-hybridized carbons (Fsp3) is 0.533. The summed E-state index contributed by atoms with van der Waals surface area (Å²) in [4.78, 5) is 7.28. The van der Waals surface area contributed by atoms with Crippen molar-refractivity contribution >= 4 is 17.2 Å². The number of pyridine rings is 1. The molecule has 2 aromatic heterocycles. The van der Waals surface area contributed by atoms with Gasteiger partial charge < -0.3 is 9.30 Å². The zero-order chi connectivity index (χ0) is 13.2. The largest absolute Gasteiger partial charge is 0.305 e. The van der Waals surface area contributed by atoms with E-state index in [0.29, 0.717) is 6.04 Å². The first-order chi connectivity index (χ1) is 9.26. The molecule has 3 rings (SSSR count). The molecule has 3 heterocycles. The fourth-order valence-electron chi connectivity index (χ4n) is 3.06. The van der Waals surface area contributed by atoms with Gasteiger partial charge in [-0.2, -0.15) is 0 Å². The first-order valence-electron chi connectivity index (χ1n) is 7.13. The van der Waals surface area contributed by atoms with Crippen molar-refractivity contribution in [3.8, 4) is 0 Å². The third-order valence-electron chi connectivity index (χ3n) is 4.06. The second-order valence-electron chi connectivity index (χ2n) is 5.33. The van der Waals surface area contributed by atoms with Crippen molar-refractivity contribution in [2.75, 3.05) is 13.1 Å². The zero-order valence-electron chi connectivity index (χ0n) is 11.3. The number of imidazole rings is 1. The molecule has 1 saturated heterocycles. The molecule has 0 amide bonds. The summed E-state index contributed by atoms with van der Waals surface area (Å²) in [6, 6.07) is 4.52. The molecule has 0 N–H and O–H groups in total.